The maximum atomic E-state index is 12.9. The zero-order chi connectivity index (χ0) is 21.3. The summed E-state index contributed by atoms with van der Waals surface area (Å²) >= 11 is 0. The predicted molar refractivity (Wildman–Crippen MR) is 115 cm³/mol. The first-order valence-electron chi connectivity index (χ1n) is 10.2. The molecule has 8 heteroatoms. The lowest BCUT2D eigenvalue weighted by molar-refractivity contribution is -0.116. The van der Waals surface area contributed by atoms with Crippen molar-refractivity contribution in [3.8, 4) is 0 Å². The molecule has 7 nitrogen and oxygen atoms in total. The van der Waals surface area contributed by atoms with Crippen molar-refractivity contribution in [3.05, 3.63) is 53.6 Å². The Hall–Kier alpha value is -2.71. The fourth-order valence-corrected chi connectivity index (χ4v) is 5.71. The molecule has 1 unspecified atom stereocenters. The smallest absolute Gasteiger partial charge is 0.255 e. The summed E-state index contributed by atoms with van der Waals surface area (Å²) in [6.07, 6.45) is 3.84. The minimum atomic E-state index is -3.56. The molecular weight excluding hydrogens is 402 g/mol. The molecule has 0 bridgehead atoms. The van der Waals surface area contributed by atoms with Crippen LogP contribution in [0.5, 0.6) is 0 Å². The van der Waals surface area contributed by atoms with Crippen molar-refractivity contribution in [2.24, 2.45) is 0 Å². The van der Waals surface area contributed by atoms with E-state index >= 15 is 0 Å². The van der Waals surface area contributed by atoms with Crippen molar-refractivity contribution in [2.45, 2.75) is 50.0 Å². The minimum absolute atomic E-state index is 0.00623. The lowest BCUT2D eigenvalue weighted by atomic mass is 10.0. The molecular formula is C22H25N3O4S. The molecule has 2 N–H and O–H groups in total. The van der Waals surface area contributed by atoms with Crippen molar-refractivity contribution in [3.63, 3.8) is 0 Å². The Labute approximate surface area is 176 Å². The van der Waals surface area contributed by atoms with Gasteiger partial charge in [-0.3, -0.25) is 9.59 Å². The molecule has 1 atom stereocenters. The average Bonchev–Trinajstić information content (AvgIpc) is 2.74. The maximum Gasteiger partial charge on any atom is 0.255 e. The fraction of sp³-hybridized carbons (Fsp3) is 0.364. The largest absolute Gasteiger partial charge is 0.326 e. The van der Waals surface area contributed by atoms with Gasteiger partial charge in [-0.1, -0.05) is 6.42 Å². The Kier molecular flexibility index (Phi) is 5.62. The highest BCUT2D eigenvalue weighted by atomic mass is 32.2. The SMILES string of the molecule is CC1CCCCN1S(=O)(=O)c1ccc(C(=O)Nc2ccc3c(c2)CCC(=O)N3)cc1. The number of amides is 2. The Bertz CT molecular complexity index is 1080. The van der Waals surface area contributed by atoms with Crippen LogP contribution in [0.2, 0.25) is 0 Å². The van der Waals surface area contributed by atoms with E-state index in [0.29, 0.717) is 30.6 Å². The van der Waals surface area contributed by atoms with E-state index in [1.807, 2.05) is 13.0 Å². The molecule has 2 aromatic rings. The second-order valence-corrected chi connectivity index (χ2v) is 9.75. The number of piperidine rings is 1. The summed E-state index contributed by atoms with van der Waals surface area (Å²) in [6.45, 7) is 2.47. The zero-order valence-electron chi connectivity index (χ0n) is 16.8. The van der Waals surface area contributed by atoms with Crippen molar-refractivity contribution in [2.75, 3.05) is 17.2 Å². The molecule has 1 fully saturated rings. The number of nitrogens with one attached hydrogen (secondary N) is 2. The van der Waals surface area contributed by atoms with Crippen LogP contribution in [0.15, 0.2) is 47.4 Å². The van der Waals surface area contributed by atoms with Gasteiger partial charge in [0.2, 0.25) is 15.9 Å². The van der Waals surface area contributed by atoms with Gasteiger partial charge in [0.05, 0.1) is 4.90 Å². The molecule has 1 saturated heterocycles. The summed E-state index contributed by atoms with van der Waals surface area (Å²) in [5, 5.41) is 5.65. The highest BCUT2D eigenvalue weighted by Crippen LogP contribution is 2.27. The van der Waals surface area contributed by atoms with Crippen LogP contribution in [0, 0.1) is 0 Å². The summed E-state index contributed by atoms with van der Waals surface area (Å²) in [4.78, 5) is 24.3. The fourth-order valence-electron chi connectivity index (χ4n) is 4.01. The van der Waals surface area contributed by atoms with Gasteiger partial charge in [-0.2, -0.15) is 4.31 Å². The predicted octanol–water partition coefficient (Wildman–Crippen LogP) is 3.39. The maximum absolute atomic E-state index is 12.9. The standard InChI is InChI=1S/C22H25N3O4S/c1-15-4-2-3-13-25(15)30(28,29)19-9-5-16(6-10-19)22(27)23-18-8-11-20-17(14-18)7-12-21(26)24-20/h5-6,8-11,14-15H,2-4,7,12-13H2,1H3,(H,23,27)(H,24,26). The number of hydrogen-bond donors (Lipinski definition) is 2. The van der Waals surface area contributed by atoms with Gasteiger partial charge in [0, 0.05) is 35.9 Å². The van der Waals surface area contributed by atoms with Crippen molar-refractivity contribution >= 4 is 33.2 Å². The number of aryl methyl sites for hydroxylation is 1. The van der Waals surface area contributed by atoms with Crippen molar-refractivity contribution in [1.29, 1.82) is 0 Å². The summed E-state index contributed by atoms with van der Waals surface area (Å²) in [7, 11) is -3.56. The number of carbonyl (C=O) groups is 2. The number of sulfonamides is 1. The molecule has 2 amide bonds. The summed E-state index contributed by atoms with van der Waals surface area (Å²) < 4.78 is 27.4. The number of benzene rings is 2. The highest BCUT2D eigenvalue weighted by Gasteiger charge is 2.30. The molecule has 0 spiro atoms. The third kappa shape index (κ3) is 4.11. The molecule has 0 aromatic heterocycles. The Morgan fingerprint density at radius 1 is 1.10 bits per heavy atom. The monoisotopic (exact) mass is 427 g/mol. The van der Waals surface area contributed by atoms with Crippen molar-refractivity contribution in [1.82, 2.24) is 4.31 Å². The molecule has 4 rings (SSSR count). The van der Waals surface area contributed by atoms with Gasteiger partial charge in [0.15, 0.2) is 0 Å². The topological polar surface area (TPSA) is 95.6 Å². The second kappa shape index (κ2) is 8.20. The van der Waals surface area contributed by atoms with Crippen LogP contribution < -0.4 is 10.6 Å². The number of anilines is 2. The van der Waals surface area contributed by atoms with Crippen LogP contribution in [0.25, 0.3) is 0 Å². The summed E-state index contributed by atoms with van der Waals surface area (Å²) in [6, 6.07) is 11.4. The van der Waals surface area contributed by atoms with E-state index in [1.165, 1.54) is 24.3 Å². The van der Waals surface area contributed by atoms with Gasteiger partial charge in [0.1, 0.15) is 0 Å². The zero-order valence-corrected chi connectivity index (χ0v) is 17.7. The molecule has 158 valence electrons. The molecule has 2 aliphatic rings. The Morgan fingerprint density at radius 3 is 2.60 bits per heavy atom. The molecule has 0 saturated carbocycles. The van der Waals surface area contributed by atoms with Gasteiger partial charge in [-0.15, -0.1) is 0 Å². The van der Waals surface area contributed by atoms with E-state index in [1.54, 1.807) is 16.4 Å². The molecule has 0 aliphatic carbocycles. The van der Waals surface area contributed by atoms with Crippen LogP contribution in [0.4, 0.5) is 11.4 Å². The first kappa shape index (κ1) is 20.6. The lowest BCUT2D eigenvalue weighted by Gasteiger charge is -2.32. The number of fused-ring (bicyclic) bond motifs is 1. The van der Waals surface area contributed by atoms with Gasteiger partial charge >= 0.3 is 0 Å². The van der Waals surface area contributed by atoms with Gasteiger partial charge in [-0.05, 0) is 74.2 Å². The van der Waals surface area contributed by atoms with E-state index in [2.05, 4.69) is 10.6 Å². The number of hydrogen-bond acceptors (Lipinski definition) is 4. The van der Waals surface area contributed by atoms with E-state index in [9.17, 15) is 18.0 Å². The molecule has 0 radical (unpaired) electrons. The lowest BCUT2D eigenvalue weighted by Crippen LogP contribution is -2.41. The second-order valence-electron chi connectivity index (χ2n) is 7.86. The Balaban J connectivity index is 1.47. The Morgan fingerprint density at radius 2 is 1.87 bits per heavy atom. The van der Waals surface area contributed by atoms with Gasteiger partial charge in [-0.25, -0.2) is 8.42 Å². The molecule has 2 aromatic carbocycles. The number of rotatable bonds is 4. The van der Waals surface area contributed by atoms with Crippen LogP contribution in [-0.2, 0) is 21.2 Å². The molecule has 2 heterocycles. The van der Waals surface area contributed by atoms with Crippen LogP contribution >= 0.6 is 0 Å². The molecule has 2 aliphatic heterocycles. The van der Waals surface area contributed by atoms with E-state index < -0.39 is 10.0 Å². The van der Waals surface area contributed by atoms with Crippen LogP contribution in [0.1, 0.15) is 48.5 Å². The van der Waals surface area contributed by atoms with Gasteiger partial charge in [0.25, 0.3) is 5.91 Å². The summed E-state index contributed by atoms with van der Waals surface area (Å²) in [5.41, 5.74) is 2.76. The van der Waals surface area contributed by atoms with Gasteiger partial charge < -0.3 is 10.6 Å². The third-order valence-electron chi connectivity index (χ3n) is 5.72. The van der Waals surface area contributed by atoms with Crippen LogP contribution in [0.3, 0.4) is 0 Å². The summed E-state index contributed by atoms with van der Waals surface area (Å²) in [5.74, 6) is -0.321. The average molecular weight is 428 g/mol. The highest BCUT2D eigenvalue weighted by molar-refractivity contribution is 7.89. The van der Waals surface area contributed by atoms with E-state index in [0.717, 1.165) is 30.5 Å². The normalized spacial score (nSPS) is 19.6. The third-order valence-corrected chi connectivity index (χ3v) is 7.75. The van der Waals surface area contributed by atoms with Crippen LogP contribution in [-0.4, -0.2) is 37.1 Å². The number of carbonyl (C=O) groups excluding carboxylic acids is 2. The molecule has 30 heavy (non-hydrogen) atoms. The van der Waals surface area contributed by atoms with E-state index in [-0.39, 0.29) is 22.8 Å². The van der Waals surface area contributed by atoms with Crippen molar-refractivity contribution < 1.29 is 18.0 Å². The minimum Gasteiger partial charge on any atom is -0.326 e. The quantitative estimate of drug-likeness (QED) is 0.782. The first-order chi connectivity index (χ1) is 14.3. The number of nitrogens with zero attached hydrogens (tertiary/aromatic N) is 1. The first-order valence-corrected chi connectivity index (χ1v) is 11.6. The van der Waals surface area contributed by atoms with E-state index in [4.69, 9.17) is 0 Å².